The zero-order valence-corrected chi connectivity index (χ0v) is 33.8. The van der Waals surface area contributed by atoms with Crippen LogP contribution in [0, 0.1) is 17.3 Å². The summed E-state index contributed by atoms with van der Waals surface area (Å²) in [5.41, 5.74) is -1.31. The first-order valence-electron chi connectivity index (χ1n) is 18.7. The molecule has 1 aromatic heterocycles. The molecule has 0 bridgehead atoms. The first-order chi connectivity index (χ1) is 26.5. The molecule has 2 aromatic carbocycles. The number of anilines is 1. The van der Waals surface area contributed by atoms with Crippen molar-refractivity contribution >= 4 is 61.0 Å². The molecule has 4 amide bonds. The quantitative estimate of drug-likeness (QED) is 0.189. The van der Waals surface area contributed by atoms with Crippen LogP contribution in [-0.4, -0.2) is 88.5 Å². The van der Waals surface area contributed by atoms with Gasteiger partial charge in [-0.2, -0.15) is 0 Å². The van der Waals surface area contributed by atoms with Gasteiger partial charge in [-0.1, -0.05) is 51.1 Å². The Morgan fingerprint density at radius 3 is 2.43 bits per heavy atom. The number of nitrogens with one attached hydrogen (secondary N) is 3. The Bertz CT molecular complexity index is 2170. The number of pyridine rings is 1. The number of hydrogen-bond acceptors (Lipinski definition) is 10. The van der Waals surface area contributed by atoms with Crippen molar-refractivity contribution in [3.63, 3.8) is 0 Å². The summed E-state index contributed by atoms with van der Waals surface area (Å²) in [7, 11) is -5.31. The molecule has 6 atom stereocenters. The average molecular weight is 808 g/mol. The molecule has 2 saturated carbocycles. The van der Waals surface area contributed by atoms with Gasteiger partial charge in [0.1, 0.15) is 23.4 Å². The molecule has 1 unspecified atom stereocenters. The smallest absolute Gasteiger partial charge is 0.259 e. The molecule has 1 aliphatic heterocycles. The van der Waals surface area contributed by atoms with Crippen LogP contribution in [0.3, 0.4) is 0 Å². The van der Waals surface area contributed by atoms with Gasteiger partial charge in [-0.25, -0.2) is 13.4 Å². The minimum atomic E-state index is -3.92. The second kappa shape index (κ2) is 16.0. The number of hydrogen-bond donors (Lipinski definition) is 3. The van der Waals surface area contributed by atoms with Crippen LogP contribution in [0.2, 0.25) is 0 Å². The number of amides is 4. The summed E-state index contributed by atoms with van der Waals surface area (Å²) in [6.45, 7) is 11.4. The highest BCUT2D eigenvalue weighted by atomic mass is 32.2. The van der Waals surface area contributed by atoms with Crippen LogP contribution < -0.4 is 24.8 Å². The van der Waals surface area contributed by atoms with Gasteiger partial charge in [-0.3, -0.25) is 28.1 Å². The van der Waals surface area contributed by atoms with Crippen molar-refractivity contribution in [2.45, 2.75) is 87.6 Å². The highest BCUT2D eigenvalue weighted by molar-refractivity contribution is 7.91. The molecule has 16 heteroatoms. The largest absolute Gasteiger partial charge is 0.488 e. The molecule has 3 N–H and O–H groups in total. The van der Waals surface area contributed by atoms with Crippen LogP contribution in [-0.2, 0) is 40.0 Å². The van der Waals surface area contributed by atoms with Crippen molar-refractivity contribution in [2.75, 3.05) is 24.7 Å². The maximum atomic E-state index is 14.7. The van der Waals surface area contributed by atoms with Crippen molar-refractivity contribution in [1.29, 1.82) is 0 Å². The van der Waals surface area contributed by atoms with Crippen molar-refractivity contribution in [1.82, 2.24) is 19.9 Å². The number of sulfonamides is 1. The molecule has 0 radical (unpaired) electrons. The number of likely N-dealkylation sites (tertiary alicyclic amines) is 1. The van der Waals surface area contributed by atoms with Gasteiger partial charge >= 0.3 is 0 Å². The Morgan fingerprint density at radius 2 is 1.82 bits per heavy atom. The van der Waals surface area contributed by atoms with Crippen LogP contribution in [0.25, 0.3) is 10.9 Å². The molecular formula is C40H49N5O9S2. The maximum absolute atomic E-state index is 14.7. The fraction of sp³-hybridized carbons (Fsp3) is 0.475. The maximum Gasteiger partial charge on any atom is 0.259 e. The second-order valence-electron chi connectivity index (χ2n) is 15.7. The summed E-state index contributed by atoms with van der Waals surface area (Å²) in [5.74, 6) is -3.21. The third kappa shape index (κ3) is 8.75. The van der Waals surface area contributed by atoms with Crippen molar-refractivity contribution < 1.29 is 41.3 Å². The minimum absolute atomic E-state index is 0.00530. The van der Waals surface area contributed by atoms with Gasteiger partial charge < -0.3 is 25.0 Å². The van der Waals surface area contributed by atoms with Crippen LogP contribution in [0.1, 0.15) is 59.8 Å². The van der Waals surface area contributed by atoms with Gasteiger partial charge in [0, 0.05) is 42.2 Å². The number of rotatable bonds is 15. The number of carbonyl (C=O) groups is 4. The van der Waals surface area contributed by atoms with E-state index in [0.717, 1.165) is 0 Å². The molecule has 0 spiro atoms. The van der Waals surface area contributed by atoms with Crippen LogP contribution in [0.5, 0.6) is 11.6 Å². The van der Waals surface area contributed by atoms with E-state index < -0.39 is 78.7 Å². The number of carbonyl (C=O) groups excluding carboxylic acids is 4. The lowest BCUT2D eigenvalue weighted by Crippen LogP contribution is -2.57. The number of fused-ring (bicyclic) bond motifs is 1. The standard InChI is InChI=1S/C40H49N5O9S2/c1-7-24-22-40(24,38(49)44-56(51,52)27-17-18-27)43-36(47)30-19-26(54-31-21-34(53-8-2)42-35-28(31)15-12-16-32(35)55(6)50)23-45(30)37(48)29(39(3,4)5)20-33(46)41-25-13-10-9-11-14-25/h7,9-16,21,24,26-27,29-30H,1,8,17-20,22-23H2,2-6H3,(H,41,46)(H,43,47)(H,44,49)/t24-,26-,29-,30-,40-,55?/m1/s1. The van der Waals surface area contributed by atoms with E-state index in [1.54, 1.807) is 61.7 Å². The molecule has 2 heterocycles. The van der Waals surface area contributed by atoms with Crippen LogP contribution >= 0.6 is 0 Å². The van der Waals surface area contributed by atoms with E-state index in [2.05, 4.69) is 26.9 Å². The molecule has 3 fully saturated rings. The third-order valence-electron chi connectivity index (χ3n) is 10.5. The van der Waals surface area contributed by atoms with Crippen molar-refractivity contribution in [3.8, 4) is 11.6 Å². The predicted molar refractivity (Wildman–Crippen MR) is 212 cm³/mol. The molecule has 3 aromatic rings. The second-order valence-corrected chi connectivity index (χ2v) is 19.0. The van der Waals surface area contributed by atoms with Crippen molar-refractivity contribution in [2.24, 2.45) is 17.3 Å². The Kier molecular flexibility index (Phi) is 11.6. The minimum Gasteiger partial charge on any atom is -0.488 e. The summed E-state index contributed by atoms with van der Waals surface area (Å²) in [5, 5.41) is 5.55. The lowest BCUT2D eigenvalue weighted by atomic mass is 9.77. The predicted octanol–water partition coefficient (Wildman–Crippen LogP) is 4.08. The van der Waals surface area contributed by atoms with E-state index in [0.29, 0.717) is 46.7 Å². The lowest BCUT2D eigenvalue weighted by molar-refractivity contribution is -0.146. The molecule has 1 saturated heterocycles. The van der Waals surface area contributed by atoms with E-state index >= 15 is 0 Å². The zero-order valence-electron chi connectivity index (χ0n) is 32.2. The number of nitrogens with zero attached hydrogens (tertiary/aromatic N) is 2. The molecule has 3 aliphatic rings. The van der Waals surface area contributed by atoms with Gasteiger partial charge in [0.05, 0.1) is 45.5 Å². The number of aromatic nitrogens is 1. The average Bonchev–Trinajstić information content (AvgIpc) is 4.07. The zero-order chi connectivity index (χ0) is 40.6. The normalized spacial score (nSPS) is 23.1. The topological polar surface area (TPSA) is 190 Å². The fourth-order valence-corrected chi connectivity index (χ4v) is 9.24. The SMILES string of the molecule is C=C[C@@H]1C[C@]1(NC(=O)[C@H]1C[C@@H](Oc2cc(OCC)nc3c(S(C)=O)cccc23)CN1C(=O)[C@@H](CC(=O)Nc1ccccc1)C(C)(C)C)C(=O)NS(=O)(=O)C1CC1. The Balaban J connectivity index is 1.33. The number of benzene rings is 2. The first kappa shape index (κ1) is 40.8. The van der Waals surface area contributed by atoms with Crippen molar-refractivity contribution in [3.05, 3.63) is 67.3 Å². The summed E-state index contributed by atoms with van der Waals surface area (Å²) in [4.78, 5) is 62.6. The highest BCUT2D eigenvalue weighted by Crippen LogP contribution is 2.46. The van der Waals surface area contributed by atoms with E-state index in [4.69, 9.17) is 9.47 Å². The molecule has 56 heavy (non-hydrogen) atoms. The monoisotopic (exact) mass is 807 g/mol. The first-order valence-corrected chi connectivity index (χ1v) is 21.8. The van der Waals surface area contributed by atoms with E-state index in [9.17, 15) is 31.8 Å². The van der Waals surface area contributed by atoms with E-state index in [1.165, 1.54) is 11.0 Å². The van der Waals surface area contributed by atoms with E-state index in [1.807, 2.05) is 26.8 Å². The molecule has 2 aliphatic carbocycles. The Labute approximate surface area is 329 Å². The summed E-state index contributed by atoms with van der Waals surface area (Å²) in [6.07, 6.45) is 3.11. The highest BCUT2D eigenvalue weighted by Gasteiger charge is 2.62. The Morgan fingerprint density at radius 1 is 1.11 bits per heavy atom. The Hall–Kier alpha value is -4.83. The molecular weight excluding hydrogens is 759 g/mol. The van der Waals surface area contributed by atoms with Crippen LogP contribution in [0.4, 0.5) is 5.69 Å². The fourth-order valence-electron chi connectivity index (χ4n) is 7.18. The summed E-state index contributed by atoms with van der Waals surface area (Å²) >= 11 is 0. The van der Waals surface area contributed by atoms with Gasteiger partial charge in [0.2, 0.25) is 33.6 Å². The third-order valence-corrected chi connectivity index (χ3v) is 13.3. The van der Waals surface area contributed by atoms with Gasteiger partial charge in [0.15, 0.2) is 0 Å². The van der Waals surface area contributed by atoms with Gasteiger partial charge in [-0.05, 0) is 55.9 Å². The summed E-state index contributed by atoms with van der Waals surface area (Å²) < 4.78 is 52.7. The van der Waals surface area contributed by atoms with Gasteiger partial charge in [-0.15, -0.1) is 6.58 Å². The molecule has 300 valence electrons. The lowest BCUT2D eigenvalue weighted by Gasteiger charge is -2.35. The molecule has 6 rings (SSSR count). The van der Waals surface area contributed by atoms with Gasteiger partial charge in [0.25, 0.3) is 5.91 Å². The summed E-state index contributed by atoms with van der Waals surface area (Å²) in [6, 6.07) is 14.5. The van der Waals surface area contributed by atoms with E-state index in [-0.39, 0.29) is 37.6 Å². The number of para-hydroxylation sites is 2. The molecule has 14 nitrogen and oxygen atoms in total. The number of ether oxygens (including phenoxy) is 2. The van der Waals surface area contributed by atoms with Crippen LogP contribution in [0.15, 0.2) is 72.1 Å².